The normalized spacial score (nSPS) is 20.8. The van der Waals surface area contributed by atoms with E-state index in [0.717, 1.165) is 11.0 Å². The van der Waals surface area contributed by atoms with Gasteiger partial charge in [0.15, 0.2) is 0 Å². The fourth-order valence-electron chi connectivity index (χ4n) is 2.97. The summed E-state index contributed by atoms with van der Waals surface area (Å²) < 4.78 is 33.0. The van der Waals surface area contributed by atoms with Gasteiger partial charge in [0.2, 0.25) is 5.91 Å². The Labute approximate surface area is 138 Å². The van der Waals surface area contributed by atoms with Crippen molar-refractivity contribution in [2.24, 2.45) is 5.73 Å². The number of halogens is 2. The van der Waals surface area contributed by atoms with Gasteiger partial charge in [0.25, 0.3) is 0 Å². The Kier molecular flexibility index (Phi) is 5.06. The number of hydrogen-bond acceptors (Lipinski definition) is 4. The van der Waals surface area contributed by atoms with Crippen LogP contribution in [-0.2, 0) is 16.0 Å². The SMILES string of the molecule is NC[C@H]1CC[C@@H](C(=O)NCCc2nc3ccccc3n2C(F)F)O1. The molecule has 2 heterocycles. The van der Waals surface area contributed by atoms with E-state index in [1.807, 2.05) is 0 Å². The summed E-state index contributed by atoms with van der Waals surface area (Å²) in [5, 5.41) is 2.73. The molecule has 0 aliphatic carbocycles. The number of ether oxygens (including phenoxy) is 1. The Bertz CT molecular complexity index is 719. The first-order chi connectivity index (χ1) is 11.6. The zero-order valence-electron chi connectivity index (χ0n) is 13.1. The molecule has 0 saturated carbocycles. The molecule has 3 N–H and O–H groups in total. The molecule has 0 unspecified atom stereocenters. The summed E-state index contributed by atoms with van der Waals surface area (Å²) in [6.45, 7) is -2.06. The molecule has 130 valence electrons. The smallest absolute Gasteiger partial charge is 0.320 e. The van der Waals surface area contributed by atoms with E-state index in [-0.39, 0.29) is 30.8 Å². The number of aromatic nitrogens is 2. The van der Waals surface area contributed by atoms with Crippen LogP contribution >= 0.6 is 0 Å². The Morgan fingerprint density at radius 2 is 2.21 bits per heavy atom. The lowest BCUT2D eigenvalue weighted by Gasteiger charge is -2.13. The van der Waals surface area contributed by atoms with Gasteiger partial charge in [-0.1, -0.05) is 12.1 Å². The summed E-state index contributed by atoms with van der Waals surface area (Å²) in [7, 11) is 0. The molecule has 1 aliphatic heterocycles. The predicted octanol–water partition coefficient (Wildman–Crippen LogP) is 1.60. The number of nitrogens with two attached hydrogens (primary N) is 1. The van der Waals surface area contributed by atoms with Crippen molar-refractivity contribution in [1.29, 1.82) is 0 Å². The quantitative estimate of drug-likeness (QED) is 0.838. The molecule has 1 aliphatic rings. The maximum absolute atomic E-state index is 13.3. The fourth-order valence-corrected chi connectivity index (χ4v) is 2.97. The molecule has 1 amide bonds. The highest BCUT2D eigenvalue weighted by Gasteiger charge is 2.29. The third kappa shape index (κ3) is 3.39. The molecule has 6 nitrogen and oxygen atoms in total. The van der Waals surface area contributed by atoms with Gasteiger partial charge in [-0.05, 0) is 25.0 Å². The standard InChI is InChI=1S/C16H20F2N4O2/c17-16(18)22-12-4-2-1-3-11(12)21-14(22)7-8-20-15(23)13-6-5-10(9-19)24-13/h1-4,10,13,16H,5-9,19H2,(H,20,23)/t10-,13+/m1/s1. The van der Waals surface area contributed by atoms with Crippen LogP contribution in [-0.4, -0.2) is 40.8 Å². The molecule has 2 atom stereocenters. The van der Waals surface area contributed by atoms with Crippen LogP contribution in [0.25, 0.3) is 11.0 Å². The van der Waals surface area contributed by atoms with Gasteiger partial charge in [0, 0.05) is 19.5 Å². The zero-order chi connectivity index (χ0) is 17.1. The van der Waals surface area contributed by atoms with Crippen molar-refractivity contribution < 1.29 is 18.3 Å². The van der Waals surface area contributed by atoms with Crippen molar-refractivity contribution in [1.82, 2.24) is 14.9 Å². The molecule has 0 spiro atoms. The number of amides is 1. The molecule has 1 fully saturated rings. The Balaban J connectivity index is 1.62. The zero-order valence-corrected chi connectivity index (χ0v) is 13.1. The van der Waals surface area contributed by atoms with E-state index in [9.17, 15) is 13.6 Å². The molecule has 0 bridgehead atoms. The molecule has 1 aromatic heterocycles. The van der Waals surface area contributed by atoms with Gasteiger partial charge in [0.1, 0.15) is 11.9 Å². The summed E-state index contributed by atoms with van der Waals surface area (Å²) >= 11 is 0. The Morgan fingerprint density at radius 3 is 2.92 bits per heavy atom. The van der Waals surface area contributed by atoms with Crippen LogP contribution in [0.3, 0.4) is 0 Å². The summed E-state index contributed by atoms with van der Waals surface area (Å²) in [5.41, 5.74) is 6.42. The van der Waals surface area contributed by atoms with Crippen LogP contribution < -0.4 is 11.1 Å². The van der Waals surface area contributed by atoms with Crippen LogP contribution in [0.15, 0.2) is 24.3 Å². The minimum atomic E-state index is -2.67. The summed E-state index contributed by atoms with van der Waals surface area (Å²) in [6.07, 6.45) is 1.02. The van der Waals surface area contributed by atoms with E-state index < -0.39 is 12.7 Å². The summed E-state index contributed by atoms with van der Waals surface area (Å²) in [5.74, 6) is 0.0179. The van der Waals surface area contributed by atoms with Crippen molar-refractivity contribution in [2.75, 3.05) is 13.1 Å². The van der Waals surface area contributed by atoms with Gasteiger partial charge in [-0.25, -0.2) is 4.98 Å². The van der Waals surface area contributed by atoms with Crippen molar-refractivity contribution in [2.45, 2.75) is 38.0 Å². The van der Waals surface area contributed by atoms with E-state index in [4.69, 9.17) is 10.5 Å². The number of imidazole rings is 1. The van der Waals surface area contributed by atoms with Crippen LogP contribution in [0, 0.1) is 0 Å². The van der Waals surface area contributed by atoms with Crippen molar-refractivity contribution in [3.63, 3.8) is 0 Å². The number of nitrogens with zero attached hydrogens (tertiary/aromatic N) is 2. The van der Waals surface area contributed by atoms with Crippen LogP contribution in [0.4, 0.5) is 8.78 Å². The van der Waals surface area contributed by atoms with Gasteiger partial charge in [-0.3, -0.25) is 9.36 Å². The first-order valence-corrected chi connectivity index (χ1v) is 7.97. The first kappa shape index (κ1) is 16.8. The highest BCUT2D eigenvalue weighted by molar-refractivity contribution is 5.81. The average Bonchev–Trinajstić information content (AvgIpc) is 3.18. The number of fused-ring (bicyclic) bond motifs is 1. The number of carbonyl (C=O) groups excluding carboxylic acids is 1. The highest BCUT2D eigenvalue weighted by atomic mass is 19.3. The number of alkyl halides is 2. The average molecular weight is 338 g/mol. The second-order valence-corrected chi connectivity index (χ2v) is 5.77. The Hall–Kier alpha value is -2.06. The molecular weight excluding hydrogens is 318 g/mol. The minimum Gasteiger partial charge on any atom is -0.364 e. The van der Waals surface area contributed by atoms with Crippen LogP contribution in [0.5, 0.6) is 0 Å². The third-order valence-corrected chi connectivity index (χ3v) is 4.17. The van der Waals surface area contributed by atoms with E-state index in [2.05, 4.69) is 10.3 Å². The lowest BCUT2D eigenvalue weighted by molar-refractivity contribution is -0.131. The van der Waals surface area contributed by atoms with Crippen molar-refractivity contribution >= 4 is 16.9 Å². The van der Waals surface area contributed by atoms with Crippen LogP contribution in [0.1, 0.15) is 25.2 Å². The maximum atomic E-state index is 13.3. The lowest BCUT2D eigenvalue weighted by Crippen LogP contribution is -2.36. The molecule has 1 aromatic carbocycles. The Morgan fingerprint density at radius 1 is 1.42 bits per heavy atom. The largest absolute Gasteiger partial charge is 0.364 e. The number of para-hydroxylation sites is 2. The first-order valence-electron chi connectivity index (χ1n) is 7.97. The van der Waals surface area contributed by atoms with Crippen molar-refractivity contribution in [3.8, 4) is 0 Å². The summed E-state index contributed by atoms with van der Waals surface area (Å²) in [6, 6.07) is 6.74. The minimum absolute atomic E-state index is 0.0798. The molecule has 8 heteroatoms. The molecule has 2 aromatic rings. The van der Waals surface area contributed by atoms with Gasteiger partial charge in [0.05, 0.1) is 17.1 Å². The molecular formula is C16H20F2N4O2. The van der Waals surface area contributed by atoms with Gasteiger partial charge in [-0.2, -0.15) is 8.78 Å². The topological polar surface area (TPSA) is 82.2 Å². The molecule has 3 rings (SSSR count). The summed E-state index contributed by atoms with van der Waals surface area (Å²) in [4.78, 5) is 16.3. The van der Waals surface area contributed by atoms with Gasteiger partial charge >= 0.3 is 6.55 Å². The molecule has 1 saturated heterocycles. The number of benzene rings is 1. The highest BCUT2D eigenvalue weighted by Crippen LogP contribution is 2.23. The number of nitrogens with one attached hydrogen (secondary N) is 1. The van der Waals surface area contributed by atoms with E-state index in [1.54, 1.807) is 24.3 Å². The third-order valence-electron chi connectivity index (χ3n) is 4.17. The monoisotopic (exact) mass is 338 g/mol. The van der Waals surface area contributed by atoms with E-state index in [1.165, 1.54) is 0 Å². The predicted molar refractivity (Wildman–Crippen MR) is 84.6 cm³/mol. The van der Waals surface area contributed by atoms with E-state index >= 15 is 0 Å². The second-order valence-electron chi connectivity index (χ2n) is 5.77. The number of rotatable bonds is 6. The second kappa shape index (κ2) is 7.23. The maximum Gasteiger partial charge on any atom is 0.320 e. The molecule has 24 heavy (non-hydrogen) atoms. The van der Waals surface area contributed by atoms with Crippen molar-refractivity contribution in [3.05, 3.63) is 30.1 Å². The lowest BCUT2D eigenvalue weighted by atomic mass is 10.2. The van der Waals surface area contributed by atoms with Gasteiger partial charge < -0.3 is 15.8 Å². The number of hydrogen-bond donors (Lipinski definition) is 2. The van der Waals surface area contributed by atoms with Gasteiger partial charge in [-0.15, -0.1) is 0 Å². The molecule has 0 radical (unpaired) electrons. The fraction of sp³-hybridized carbons (Fsp3) is 0.500. The van der Waals surface area contributed by atoms with Crippen LogP contribution in [0.2, 0.25) is 0 Å². The number of carbonyl (C=O) groups is 1. The van der Waals surface area contributed by atoms with E-state index in [0.29, 0.717) is 24.0 Å².